The van der Waals surface area contributed by atoms with Crippen molar-refractivity contribution in [2.75, 3.05) is 31.1 Å². The molecule has 25 heavy (non-hydrogen) atoms. The number of fused-ring (bicyclic) bond motifs is 1. The lowest BCUT2D eigenvalue weighted by Crippen LogP contribution is -2.45. The van der Waals surface area contributed by atoms with Gasteiger partial charge in [-0.05, 0) is 49.7 Å². The van der Waals surface area contributed by atoms with Crippen molar-refractivity contribution in [1.29, 1.82) is 0 Å². The molecule has 0 bridgehead atoms. The largest absolute Gasteiger partial charge is 0.481 e. The van der Waals surface area contributed by atoms with Crippen LogP contribution in [0.1, 0.15) is 24.8 Å². The van der Waals surface area contributed by atoms with Gasteiger partial charge in [0, 0.05) is 50.2 Å². The van der Waals surface area contributed by atoms with Crippen LogP contribution >= 0.6 is 0 Å². The number of carbonyl (C=O) groups excluding carboxylic acids is 1. The quantitative estimate of drug-likeness (QED) is 0.906. The average Bonchev–Trinajstić information content (AvgIpc) is 3.35. The number of rotatable bonds is 3. The van der Waals surface area contributed by atoms with E-state index >= 15 is 0 Å². The first-order chi connectivity index (χ1) is 12.1. The zero-order valence-corrected chi connectivity index (χ0v) is 14.6. The molecule has 6 nitrogen and oxygen atoms in total. The lowest BCUT2D eigenvalue weighted by Gasteiger charge is -2.36. The molecule has 3 aliphatic rings. The van der Waals surface area contributed by atoms with Crippen molar-refractivity contribution in [3.63, 3.8) is 0 Å². The van der Waals surface area contributed by atoms with Gasteiger partial charge in [-0.2, -0.15) is 0 Å². The highest BCUT2D eigenvalue weighted by atomic mass is 16.4. The topological polar surface area (TPSA) is 73.7 Å². The van der Waals surface area contributed by atoms with E-state index in [2.05, 4.69) is 16.8 Å². The van der Waals surface area contributed by atoms with Gasteiger partial charge in [0.25, 0.3) is 0 Å². The molecule has 0 radical (unpaired) electrons. The number of aliphatic carboxylic acids is 1. The number of piperidine rings is 2. The van der Waals surface area contributed by atoms with Crippen LogP contribution in [0.3, 0.4) is 0 Å². The molecule has 2 aliphatic heterocycles. The fraction of sp³-hybridized carbons (Fsp3) is 0.632. The number of aromatic nitrogens is 1. The predicted molar refractivity (Wildman–Crippen MR) is 93.2 cm³/mol. The number of likely N-dealkylation sites (tertiary alicyclic amines) is 1. The van der Waals surface area contributed by atoms with Gasteiger partial charge in [0.15, 0.2) is 0 Å². The molecule has 6 heteroatoms. The molecule has 4 rings (SSSR count). The third-order valence-corrected chi connectivity index (χ3v) is 6.27. The van der Waals surface area contributed by atoms with Crippen molar-refractivity contribution in [3.05, 3.63) is 24.0 Å². The minimum Gasteiger partial charge on any atom is -0.481 e. The van der Waals surface area contributed by atoms with Gasteiger partial charge < -0.3 is 14.9 Å². The van der Waals surface area contributed by atoms with Crippen LogP contribution in [0, 0.1) is 30.6 Å². The number of aryl methyl sites for hydroxylation is 1. The van der Waals surface area contributed by atoms with Crippen molar-refractivity contribution in [3.8, 4) is 0 Å². The molecular formula is C19H25N3O3. The Morgan fingerprint density at radius 1 is 1.16 bits per heavy atom. The van der Waals surface area contributed by atoms with E-state index in [1.165, 1.54) is 11.3 Å². The monoisotopic (exact) mass is 343 g/mol. The number of anilines is 1. The smallest absolute Gasteiger partial charge is 0.307 e. The van der Waals surface area contributed by atoms with Crippen LogP contribution in [0.15, 0.2) is 18.5 Å². The number of hydrogen-bond donors (Lipinski definition) is 1. The van der Waals surface area contributed by atoms with Gasteiger partial charge in [-0.15, -0.1) is 0 Å². The maximum Gasteiger partial charge on any atom is 0.307 e. The standard InChI is InChI=1S/C19H25N3O3/c1-12-10-20-6-2-16(12)21-7-3-13(4-8-21)18(23)22-9-5-14-15(11-22)17(14)19(24)25/h2,6,10,13-15,17H,3-5,7-9,11H2,1H3,(H,24,25)/t14-,15+,17-/m0/s1. The summed E-state index contributed by atoms with van der Waals surface area (Å²) in [7, 11) is 0. The number of nitrogens with zero attached hydrogens (tertiary/aromatic N) is 3. The van der Waals surface area contributed by atoms with E-state index in [1.54, 1.807) is 0 Å². The molecule has 1 amide bonds. The van der Waals surface area contributed by atoms with Crippen LogP contribution < -0.4 is 4.90 Å². The Morgan fingerprint density at radius 2 is 1.92 bits per heavy atom. The highest BCUT2D eigenvalue weighted by molar-refractivity contribution is 5.80. The summed E-state index contributed by atoms with van der Waals surface area (Å²) in [5.74, 6) is -0.0926. The molecule has 2 saturated heterocycles. The predicted octanol–water partition coefficient (Wildman–Crippen LogP) is 1.79. The second-order valence-corrected chi connectivity index (χ2v) is 7.69. The van der Waals surface area contributed by atoms with E-state index in [-0.39, 0.29) is 23.7 Å². The van der Waals surface area contributed by atoms with Crippen LogP contribution in [-0.2, 0) is 9.59 Å². The molecule has 0 unspecified atom stereocenters. The van der Waals surface area contributed by atoms with Crippen molar-refractivity contribution in [2.45, 2.75) is 26.2 Å². The fourth-order valence-corrected chi connectivity index (χ4v) is 4.75. The zero-order valence-electron chi connectivity index (χ0n) is 14.6. The van der Waals surface area contributed by atoms with E-state index in [0.717, 1.165) is 38.9 Å². The highest BCUT2D eigenvalue weighted by Gasteiger charge is 2.57. The van der Waals surface area contributed by atoms with E-state index < -0.39 is 5.97 Å². The normalized spacial score (nSPS) is 29.2. The van der Waals surface area contributed by atoms with Gasteiger partial charge in [0.2, 0.25) is 5.91 Å². The minimum absolute atomic E-state index is 0.0805. The third kappa shape index (κ3) is 2.98. The third-order valence-electron chi connectivity index (χ3n) is 6.27. The summed E-state index contributed by atoms with van der Waals surface area (Å²) >= 11 is 0. The molecule has 1 aliphatic carbocycles. The number of hydrogen-bond acceptors (Lipinski definition) is 4. The van der Waals surface area contributed by atoms with Gasteiger partial charge in [0.05, 0.1) is 5.92 Å². The molecule has 3 heterocycles. The van der Waals surface area contributed by atoms with Crippen molar-refractivity contribution in [2.24, 2.45) is 23.7 Å². The van der Waals surface area contributed by atoms with E-state index in [0.29, 0.717) is 12.5 Å². The van der Waals surface area contributed by atoms with E-state index in [4.69, 9.17) is 0 Å². The Bertz CT molecular complexity index is 684. The van der Waals surface area contributed by atoms with E-state index in [1.807, 2.05) is 23.4 Å². The number of carbonyl (C=O) groups is 2. The maximum atomic E-state index is 12.9. The number of amides is 1. The molecule has 134 valence electrons. The summed E-state index contributed by atoms with van der Waals surface area (Å²) in [5, 5.41) is 9.20. The second-order valence-electron chi connectivity index (χ2n) is 7.69. The molecule has 1 aromatic rings. The Kier molecular flexibility index (Phi) is 4.13. The van der Waals surface area contributed by atoms with Gasteiger partial charge in [0.1, 0.15) is 0 Å². The summed E-state index contributed by atoms with van der Waals surface area (Å²) in [4.78, 5) is 32.5. The van der Waals surface area contributed by atoms with Crippen LogP contribution in [-0.4, -0.2) is 53.0 Å². The summed E-state index contributed by atoms with van der Waals surface area (Å²) in [5.41, 5.74) is 2.38. The molecule has 0 aromatic carbocycles. The van der Waals surface area contributed by atoms with Crippen molar-refractivity contribution in [1.82, 2.24) is 9.88 Å². The molecule has 0 spiro atoms. The van der Waals surface area contributed by atoms with Crippen LogP contribution in [0.2, 0.25) is 0 Å². The van der Waals surface area contributed by atoms with Crippen molar-refractivity contribution >= 4 is 17.6 Å². The van der Waals surface area contributed by atoms with Gasteiger partial charge in [-0.25, -0.2) is 0 Å². The minimum atomic E-state index is -0.690. The number of pyridine rings is 1. The van der Waals surface area contributed by atoms with Gasteiger partial charge in [-0.3, -0.25) is 14.6 Å². The SMILES string of the molecule is Cc1cnccc1N1CCC(C(=O)N2CC[C@H]3[C@@H](C2)[C@H]3C(=O)O)CC1. The molecule has 3 fully saturated rings. The van der Waals surface area contributed by atoms with E-state index in [9.17, 15) is 14.7 Å². The first kappa shape index (κ1) is 16.4. The molecule has 1 aromatic heterocycles. The maximum absolute atomic E-state index is 12.9. The fourth-order valence-electron chi connectivity index (χ4n) is 4.75. The summed E-state index contributed by atoms with van der Waals surface area (Å²) in [6, 6.07) is 2.04. The number of carboxylic acid groups (broad SMARTS) is 1. The first-order valence-electron chi connectivity index (χ1n) is 9.23. The van der Waals surface area contributed by atoms with Crippen molar-refractivity contribution < 1.29 is 14.7 Å². The summed E-state index contributed by atoms with van der Waals surface area (Å²) in [6.07, 6.45) is 6.28. The molecular weight excluding hydrogens is 318 g/mol. The van der Waals surface area contributed by atoms with Crippen LogP contribution in [0.5, 0.6) is 0 Å². The highest BCUT2D eigenvalue weighted by Crippen LogP contribution is 2.51. The Labute approximate surface area is 147 Å². The Balaban J connectivity index is 1.33. The Hall–Kier alpha value is -2.11. The van der Waals surface area contributed by atoms with Crippen LogP contribution in [0.25, 0.3) is 0 Å². The van der Waals surface area contributed by atoms with Gasteiger partial charge in [-0.1, -0.05) is 0 Å². The lowest BCUT2D eigenvalue weighted by atomic mass is 9.94. The Morgan fingerprint density at radius 3 is 2.60 bits per heavy atom. The number of carboxylic acids is 1. The summed E-state index contributed by atoms with van der Waals surface area (Å²) < 4.78 is 0. The molecule has 1 saturated carbocycles. The molecule has 1 N–H and O–H groups in total. The zero-order chi connectivity index (χ0) is 17.6. The average molecular weight is 343 g/mol. The van der Waals surface area contributed by atoms with Gasteiger partial charge >= 0.3 is 5.97 Å². The lowest BCUT2D eigenvalue weighted by molar-refractivity contribution is -0.140. The second kappa shape index (κ2) is 6.32. The molecule has 3 atom stereocenters. The first-order valence-corrected chi connectivity index (χ1v) is 9.23. The summed E-state index contributed by atoms with van der Waals surface area (Å²) in [6.45, 7) is 5.22. The van der Waals surface area contributed by atoms with Crippen LogP contribution in [0.4, 0.5) is 5.69 Å².